The van der Waals surface area contributed by atoms with Crippen molar-refractivity contribution in [2.75, 3.05) is 13.2 Å². The lowest BCUT2D eigenvalue weighted by Crippen LogP contribution is -2.18. The lowest BCUT2D eigenvalue weighted by atomic mass is 10.0. The van der Waals surface area contributed by atoms with Crippen molar-refractivity contribution < 1.29 is 9.47 Å². The summed E-state index contributed by atoms with van der Waals surface area (Å²) in [6.07, 6.45) is 0. The molecule has 1 fully saturated rings. The van der Waals surface area contributed by atoms with Gasteiger partial charge in [-0.05, 0) is 19.3 Å². The van der Waals surface area contributed by atoms with Gasteiger partial charge in [0.05, 0.1) is 13.2 Å². The Morgan fingerprint density at radius 2 is 1.17 bits per heavy atom. The lowest BCUT2D eigenvalue weighted by molar-refractivity contribution is -0.125. The fraction of sp³-hybridized carbons (Fsp3) is 1.00. The minimum atomic E-state index is -0.306. The minimum Gasteiger partial charge on any atom is -0.348 e. The molecule has 0 aromatic carbocycles. The smallest absolute Gasteiger partial charge is 0.162 e. The molecular weight excluding hydrogens is 152 g/mol. The van der Waals surface area contributed by atoms with E-state index in [0.29, 0.717) is 5.41 Å². The second-order valence-corrected chi connectivity index (χ2v) is 5.10. The van der Waals surface area contributed by atoms with E-state index in [-0.39, 0.29) is 5.79 Å². The normalized spacial score (nSPS) is 21.5. The monoisotopic (exact) mass is 174 g/mol. The molecule has 0 aromatic heterocycles. The van der Waals surface area contributed by atoms with Gasteiger partial charge in [0.1, 0.15) is 0 Å². The second kappa shape index (κ2) is 4.24. The summed E-state index contributed by atoms with van der Waals surface area (Å²) in [5.41, 5.74) is 0.500. The van der Waals surface area contributed by atoms with Crippen LogP contribution < -0.4 is 0 Å². The summed E-state index contributed by atoms with van der Waals surface area (Å²) in [7, 11) is 0. The van der Waals surface area contributed by atoms with Crippen LogP contribution in [0.15, 0.2) is 0 Å². The molecule has 0 radical (unpaired) electrons. The van der Waals surface area contributed by atoms with Crippen LogP contribution in [-0.4, -0.2) is 19.0 Å². The molecule has 74 valence electrons. The summed E-state index contributed by atoms with van der Waals surface area (Å²) >= 11 is 0. The summed E-state index contributed by atoms with van der Waals surface area (Å²) in [5, 5.41) is 0. The fourth-order valence-corrected chi connectivity index (χ4v) is 0.617. The van der Waals surface area contributed by atoms with E-state index in [1.807, 2.05) is 13.8 Å². The highest BCUT2D eigenvalue weighted by Gasteiger charge is 2.23. The molecule has 1 heterocycles. The van der Waals surface area contributed by atoms with Gasteiger partial charge in [0.25, 0.3) is 0 Å². The molecule has 12 heavy (non-hydrogen) atoms. The van der Waals surface area contributed by atoms with E-state index in [4.69, 9.17) is 9.47 Å². The van der Waals surface area contributed by atoms with E-state index in [1.54, 1.807) is 0 Å². The van der Waals surface area contributed by atoms with Gasteiger partial charge in [-0.25, -0.2) is 0 Å². The summed E-state index contributed by atoms with van der Waals surface area (Å²) < 4.78 is 10.2. The Morgan fingerprint density at radius 3 is 1.25 bits per heavy atom. The molecule has 0 amide bonds. The van der Waals surface area contributed by atoms with Crippen molar-refractivity contribution >= 4 is 0 Å². The zero-order chi connectivity index (χ0) is 9.83. The molecule has 0 aliphatic carbocycles. The van der Waals surface area contributed by atoms with Gasteiger partial charge < -0.3 is 9.47 Å². The zero-order valence-corrected chi connectivity index (χ0v) is 9.23. The van der Waals surface area contributed by atoms with Crippen LogP contribution in [0.5, 0.6) is 0 Å². The lowest BCUT2D eigenvalue weighted by Gasteiger charge is -2.13. The molecule has 1 rings (SSSR count). The Morgan fingerprint density at radius 1 is 0.917 bits per heavy atom. The third-order valence-electron chi connectivity index (χ3n) is 0.983. The molecule has 1 aliphatic heterocycles. The van der Waals surface area contributed by atoms with Gasteiger partial charge in [-0.2, -0.15) is 0 Å². The van der Waals surface area contributed by atoms with E-state index in [1.165, 1.54) is 0 Å². The van der Waals surface area contributed by atoms with E-state index >= 15 is 0 Å². The Balaban J connectivity index is 0.000000217. The van der Waals surface area contributed by atoms with Crippen LogP contribution in [0, 0.1) is 5.41 Å². The maximum absolute atomic E-state index is 5.12. The second-order valence-electron chi connectivity index (χ2n) is 5.10. The first kappa shape index (κ1) is 11.9. The zero-order valence-electron chi connectivity index (χ0n) is 9.23. The van der Waals surface area contributed by atoms with Crippen LogP contribution >= 0.6 is 0 Å². The number of ether oxygens (including phenoxy) is 2. The Labute approximate surface area is 76.3 Å². The summed E-state index contributed by atoms with van der Waals surface area (Å²) in [6.45, 7) is 14.1. The van der Waals surface area contributed by atoms with Crippen molar-refractivity contribution in [3.05, 3.63) is 0 Å². The topological polar surface area (TPSA) is 18.5 Å². The quantitative estimate of drug-likeness (QED) is 0.562. The first-order valence-electron chi connectivity index (χ1n) is 4.49. The molecule has 0 saturated carbocycles. The highest BCUT2D eigenvalue weighted by atomic mass is 16.7. The Kier molecular flexibility index (Phi) is 4.21. The molecule has 0 unspecified atom stereocenters. The molecule has 1 aliphatic rings. The first-order valence-corrected chi connectivity index (χ1v) is 4.49. The maximum Gasteiger partial charge on any atom is 0.162 e. The van der Waals surface area contributed by atoms with Crippen molar-refractivity contribution in [3.8, 4) is 0 Å². The standard InChI is InChI=1S/C5H10O2.C5H12/c1-5(2)6-3-4-7-5;1-5(2,3)4/h3-4H2,1-2H3;1-4H3. The van der Waals surface area contributed by atoms with Gasteiger partial charge in [-0.3, -0.25) is 0 Å². The maximum atomic E-state index is 5.12. The van der Waals surface area contributed by atoms with Crippen molar-refractivity contribution in [1.82, 2.24) is 0 Å². The number of hydrogen-bond donors (Lipinski definition) is 0. The molecular formula is C10H22O2. The van der Waals surface area contributed by atoms with Crippen LogP contribution in [-0.2, 0) is 9.47 Å². The van der Waals surface area contributed by atoms with Crippen molar-refractivity contribution in [2.24, 2.45) is 5.41 Å². The van der Waals surface area contributed by atoms with Gasteiger partial charge in [-0.15, -0.1) is 0 Å². The van der Waals surface area contributed by atoms with Crippen molar-refractivity contribution in [1.29, 1.82) is 0 Å². The van der Waals surface area contributed by atoms with Crippen LogP contribution in [0.3, 0.4) is 0 Å². The molecule has 0 N–H and O–H groups in total. The van der Waals surface area contributed by atoms with E-state index in [9.17, 15) is 0 Å². The largest absolute Gasteiger partial charge is 0.348 e. The number of hydrogen-bond acceptors (Lipinski definition) is 2. The third-order valence-corrected chi connectivity index (χ3v) is 0.983. The van der Waals surface area contributed by atoms with Crippen LogP contribution in [0.1, 0.15) is 41.5 Å². The Bertz CT molecular complexity index is 108. The molecule has 0 bridgehead atoms. The molecule has 0 atom stereocenters. The summed E-state index contributed by atoms with van der Waals surface area (Å²) in [4.78, 5) is 0. The van der Waals surface area contributed by atoms with Crippen molar-refractivity contribution in [3.63, 3.8) is 0 Å². The SMILES string of the molecule is CC(C)(C)C.CC1(C)OCCO1. The average Bonchev–Trinajstić information content (AvgIpc) is 2.08. The van der Waals surface area contributed by atoms with Gasteiger partial charge >= 0.3 is 0 Å². The van der Waals surface area contributed by atoms with Crippen LogP contribution in [0.4, 0.5) is 0 Å². The van der Waals surface area contributed by atoms with E-state index < -0.39 is 0 Å². The van der Waals surface area contributed by atoms with E-state index in [0.717, 1.165) is 13.2 Å². The minimum absolute atomic E-state index is 0.306. The van der Waals surface area contributed by atoms with E-state index in [2.05, 4.69) is 27.7 Å². The Hall–Kier alpha value is -0.0800. The molecule has 2 nitrogen and oxygen atoms in total. The molecule has 0 spiro atoms. The molecule has 1 saturated heterocycles. The third kappa shape index (κ3) is 9.92. The highest BCUT2D eigenvalue weighted by molar-refractivity contribution is 4.58. The van der Waals surface area contributed by atoms with Crippen molar-refractivity contribution in [2.45, 2.75) is 47.3 Å². The summed E-state index contributed by atoms with van der Waals surface area (Å²) in [5.74, 6) is -0.306. The van der Waals surface area contributed by atoms with Crippen LogP contribution in [0.25, 0.3) is 0 Å². The van der Waals surface area contributed by atoms with Gasteiger partial charge in [0.15, 0.2) is 5.79 Å². The summed E-state index contributed by atoms with van der Waals surface area (Å²) in [6, 6.07) is 0. The predicted molar refractivity (Wildman–Crippen MR) is 51.1 cm³/mol. The molecule has 0 aromatic rings. The van der Waals surface area contributed by atoms with Gasteiger partial charge in [0, 0.05) is 0 Å². The predicted octanol–water partition coefficient (Wildman–Crippen LogP) is 2.82. The average molecular weight is 174 g/mol. The number of rotatable bonds is 0. The highest BCUT2D eigenvalue weighted by Crippen LogP contribution is 2.15. The first-order chi connectivity index (χ1) is 5.21. The van der Waals surface area contributed by atoms with Gasteiger partial charge in [0.2, 0.25) is 0 Å². The fourth-order valence-electron chi connectivity index (χ4n) is 0.617. The van der Waals surface area contributed by atoms with Gasteiger partial charge in [-0.1, -0.05) is 27.7 Å². The van der Waals surface area contributed by atoms with Crippen LogP contribution in [0.2, 0.25) is 0 Å². The molecule has 2 heteroatoms.